The Morgan fingerprint density at radius 3 is 2.63 bits per heavy atom. The largest absolute Gasteiger partial charge is 0.459 e. The topological polar surface area (TPSA) is 71.8 Å². The molecule has 4 rings (SSSR count). The second-order valence-corrected chi connectivity index (χ2v) is 8.17. The molecule has 1 fully saturated rings. The molecule has 0 bridgehead atoms. The summed E-state index contributed by atoms with van der Waals surface area (Å²) >= 11 is 0. The number of amides is 2. The van der Waals surface area contributed by atoms with Crippen molar-refractivity contribution in [1.29, 1.82) is 0 Å². The third-order valence-corrected chi connectivity index (χ3v) is 6.07. The third-order valence-electron chi connectivity index (χ3n) is 6.07. The van der Waals surface area contributed by atoms with Gasteiger partial charge in [0.15, 0.2) is 5.76 Å². The molecule has 2 heterocycles. The highest BCUT2D eigenvalue weighted by Gasteiger charge is 2.35. The van der Waals surface area contributed by atoms with E-state index >= 15 is 0 Å². The standard InChI is InChI=1S/C24H30N2O4/c27-23(25-13-7-15-29-20-10-2-1-3-11-20)21-16-18-8-4-5-9-19(18)17-26(21)24(28)22-12-6-14-30-22/h4-6,8-9,12,14,20-21H,1-3,7,10-11,13,15-17H2,(H,25,27). The molecule has 1 aromatic carbocycles. The molecule has 1 atom stereocenters. The first kappa shape index (κ1) is 20.7. The van der Waals surface area contributed by atoms with E-state index in [1.54, 1.807) is 17.0 Å². The molecule has 160 valence electrons. The van der Waals surface area contributed by atoms with Crippen LogP contribution in [0.25, 0.3) is 0 Å². The van der Waals surface area contributed by atoms with Crippen LogP contribution in [0.4, 0.5) is 0 Å². The van der Waals surface area contributed by atoms with Crippen LogP contribution in [0, 0.1) is 0 Å². The van der Waals surface area contributed by atoms with Crippen molar-refractivity contribution in [3.8, 4) is 0 Å². The van der Waals surface area contributed by atoms with Crippen LogP contribution < -0.4 is 5.32 Å². The highest BCUT2D eigenvalue weighted by atomic mass is 16.5. The van der Waals surface area contributed by atoms with Gasteiger partial charge < -0.3 is 19.4 Å². The van der Waals surface area contributed by atoms with E-state index in [0.29, 0.717) is 32.2 Å². The number of furan rings is 1. The Balaban J connectivity index is 1.34. The first-order valence-electron chi connectivity index (χ1n) is 11.0. The normalized spacial score (nSPS) is 19.3. The molecule has 1 aliphatic heterocycles. The molecule has 2 amide bonds. The number of carbonyl (C=O) groups excluding carboxylic acids is 2. The molecule has 1 unspecified atom stereocenters. The van der Waals surface area contributed by atoms with Crippen LogP contribution in [0.3, 0.4) is 0 Å². The third kappa shape index (κ3) is 4.93. The minimum absolute atomic E-state index is 0.123. The van der Waals surface area contributed by atoms with Crippen molar-refractivity contribution in [2.75, 3.05) is 13.2 Å². The fraction of sp³-hybridized carbons (Fsp3) is 0.500. The molecule has 0 saturated heterocycles. The van der Waals surface area contributed by atoms with Gasteiger partial charge in [-0.25, -0.2) is 0 Å². The Morgan fingerprint density at radius 1 is 1.07 bits per heavy atom. The van der Waals surface area contributed by atoms with Gasteiger partial charge in [0.05, 0.1) is 12.4 Å². The Kier molecular flexibility index (Phi) is 6.84. The summed E-state index contributed by atoms with van der Waals surface area (Å²) in [7, 11) is 0. The van der Waals surface area contributed by atoms with Gasteiger partial charge in [0.1, 0.15) is 6.04 Å². The second-order valence-electron chi connectivity index (χ2n) is 8.17. The number of fused-ring (bicyclic) bond motifs is 1. The fourth-order valence-electron chi connectivity index (χ4n) is 4.40. The van der Waals surface area contributed by atoms with E-state index in [-0.39, 0.29) is 17.6 Å². The predicted octanol–water partition coefficient (Wildman–Crippen LogP) is 3.70. The first-order chi connectivity index (χ1) is 14.7. The van der Waals surface area contributed by atoms with Crippen molar-refractivity contribution in [2.45, 2.75) is 63.6 Å². The molecular formula is C24H30N2O4. The highest BCUT2D eigenvalue weighted by Crippen LogP contribution is 2.25. The van der Waals surface area contributed by atoms with Gasteiger partial charge in [-0.3, -0.25) is 9.59 Å². The molecule has 6 nitrogen and oxygen atoms in total. The van der Waals surface area contributed by atoms with E-state index < -0.39 is 6.04 Å². The molecule has 0 radical (unpaired) electrons. The SMILES string of the molecule is O=C(NCCCOC1CCCCC1)C1Cc2ccccc2CN1C(=O)c1ccco1. The van der Waals surface area contributed by atoms with E-state index in [2.05, 4.69) is 5.32 Å². The number of ether oxygens (including phenoxy) is 1. The van der Waals surface area contributed by atoms with E-state index in [4.69, 9.17) is 9.15 Å². The van der Waals surface area contributed by atoms with E-state index in [1.165, 1.54) is 25.5 Å². The summed E-state index contributed by atoms with van der Waals surface area (Å²) in [6.07, 6.45) is 9.26. The molecule has 2 aromatic rings. The Labute approximate surface area is 177 Å². The number of hydrogen-bond donors (Lipinski definition) is 1. The van der Waals surface area contributed by atoms with Gasteiger partial charge in [0.2, 0.25) is 5.91 Å². The number of nitrogens with zero attached hydrogens (tertiary/aromatic N) is 1. The zero-order valence-corrected chi connectivity index (χ0v) is 17.3. The zero-order valence-electron chi connectivity index (χ0n) is 17.3. The van der Waals surface area contributed by atoms with E-state index in [9.17, 15) is 9.59 Å². The molecule has 6 heteroatoms. The van der Waals surface area contributed by atoms with Gasteiger partial charge in [-0.05, 0) is 42.5 Å². The smallest absolute Gasteiger partial charge is 0.290 e. The molecule has 2 aliphatic rings. The van der Waals surface area contributed by atoms with Crippen LogP contribution in [0.2, 0.25) is 0 Å². The molecule has 1 aromatic heterocycles. The summed E-state index contributed by atoms with van der Waals surface area (Å²) in [6, 6.07) is 10.8. The quantitative estimate of drug-likeness (QED) is 0.707. The Hall–Kier alpha value is -2.60. The number of benzene rings is 1. The van der Waals surface area contributed by atoms with Gasteiger partial charge in [0.25, 0.3) is 5.91 Å². The number of carbonyl (C=O) groups is 2. The minimum atomic E-state index is -0.545. The minimum Gasteiger partial charge on any atom is -0.459 e. The molecular weight excluding hydrogens is 380 g/mol. The summed E-state index contributed by atoms with van der Waals surface area (Å²) in [6.45, 7) is 1.61. The fourth-order valence-corrected chi connectivity index (χ4v) is 4.40. The number of rotatable bonds is 7. The maximum Gasteiger partial charge on any atom is 0.290 e. The maximum atomic E-state index is 13.0. The summed E-state index contributed by atoms with van der Waals surface area (Å²) in [5, 5.41) is 3.01. The Bertz CT molecular complexity index is 843. The number of nitrogens with one attached hydrogen (secondary N) is 1. The van der Waals surface area contributed by atoms with Crippen LogP contribution in [0.5, 0.6) is 0 Å². The number of hydrogen-bond acceptors (Lipinski definition) is 4. The van der Waals surface area contributed by atoms with Crippen molar-refractivity contribution in [1.82, 2.24) is 10.2 Å². The van der Waals surface area contributed by atoms with Gasteiger partial charge >= 0.3 is 0 Å². The van der Waals surface area contributed by atoms with Crippen molar-refractivity contribution in [3.63, 3.8) is 0 Å². The molecule has 30 heavy (non-hydrogen) atoms. The summed E-state index contributed by atoms with van der Waals surface area (Å²) in [5.74, 6) is -0.120. The van der Waals surface area contributed by atoms with Gasteiger partial charge in [-0.2, -0.15) is 0 Å². The van der Waals surface area contributed by atoms with Crippen molar-refractivity contribution < 1.29 is 18.7 Å². The van der Waals surface area contributed by atoms with Crippen LogP contribution in [-0.2, 0) is 22.5 Å². The lowest BCUT2D eigenvalue weighted by atomic mass is 9.93. The van der Waals surface area contributed by atoms with Gasteiger partial charge in [-0.1, -0.05) is 43.5 Å². The van der Waals surface area contributed by atoms with Crippen LogP contribution in [0.15, 0.2) is 47.1 Å². The van der Waals surface area contributed by atoms with Crippen molar-refractivity contribution in [3.05, 3.63) is 59.5 Å². The average Bonchev–Trinajstić information content (AvgIpc) is 3.33. The van der Waals surface area contributed by atoms with E-state index in [0.717, 1.165) is 30.4 Å². The summed E-state index contributed by atoms with van der Waals surface area (Å²) in [5.41, 5.74) is 2.18. The van der Waals surface area contributed by atoms with Crippen molar-refractivity contribution in [2.24, 2.45) is 0 Å². The molecule has 0 spiro atoms. The average molecular weight is 411 g/mol. The first-order valence-corrected chi connectivity index (χ1v) is 11.0. The molecule has 1 N–H and O–H groups in total. The van der Waals surface area contributed by atoms with Gasteiger partial charge in [0, 0.05) is 26.1 Å². The van der Waals surface area contributed by atoms with Crippen LogP contribution >= 0.6 is 0 Å². The zero-order chi connectivity index (χ0) is 20.8. The summed E-state index contributed by atoms with van der Waals surface area (Å²) in [4.78, 5) is 27.6. The monoisotopic (exact) mass is 410 g/mol. The van der Waals surface area contributed by atoms with Crippen LogP contribution in [0.1, 0.15) is 60.2 Å². The highest BCUT2D eigenvalue weighted by molar-refractivity contribution is 5.96. The predicted molar refractivity (Wildman–Crippen MR) is 113 cm³/mol. The summed E-state index contributed by atoms with van der Waals surface area (Å²) < 4.78 is 11.2. The van der Waals surface area contributed by atoms with Crippen LogP contribution in [-0.4, -0.2) is 42.0 Å². The Morgan fingerprint density at radius 2 is 1.87 bits per heavy atom. The van der Waals surface area contributed by atoms with Crippen molar-refractivity contribution >= 4 is 11.8 Å². The van der Waals surface area contributed by atoms with E-state index in [1.807, 2.05) is 24.3 Å². The lowest BCUT2D eigenvalue weighted by molar-refractivity contribution is -0.126. The molecule has 1 aliphatic carbocycles. The maximum absolute atomic E-state index is 13.0. The molecule has 1 saturated carbocycles. The second kappa shape index (κ2) is 9.94. The lowest BCUT2D eigenvalue weighted by Crippen LogP contribution is -2.52. The lowest BCUT2D eigenvalue weighted by Gasteiger charge is -2.35. The van der Waals surface area contributed by atoms with Gasteiger partial charge in [-0.15, -0.1) is 0 Å².